The van der Waals surface area contributed by atoms with Crippen LogP contribution in [0.25, 0.3) is 0 Å². The third-order valence-electron chi connectivity index (χ3n) is 3.01. The summed E-state index contributed by atoms with van der Waals surface area (Å²) >= 11 is 0. The molecule has 0 spiro atoms. The van der Waals surface area contributed by atoms with Gasteiger partial charge in [0.25, 0.3) is 0 Å². The first-order valence-corrected chi connectivity index (χ1v) is 6.10. The Hall–Kier alpha value is -1.04. The molecule has 0 saturated carbocycles. The number of rotatable bonds is 4. The second-order valence-electron chi connectivity index (χ2n) is 4.59. The van der Waals surface area contributed by atoms with Gasteiger partial charge in [0, 0.05) is 31.7 Å². The molecule has 3 nitrogen and oxygen atoms in total. The molecule has 0 radical (unpaired) electrons. The Bertz CT molecular complexity index is 374. The molecule has 100 valence electrons. The molecule has 1 unspecified atom stereocenters. The molecule has 0 amide bonds. The predicted molar refractivity (Wildman–Crippen MR) is 65.3 cm³/mol. The summed E-state index contributed by atoms with van der Waals surface area (Å²) in [5, 5.41) is 3.23. The summed E-state index contributed by atoms with van der Waals surface area (Å²) in [5.41, 5.74) is 0.115. The van der Waals surface area contributed by atoms with Gasteiger partial charge >= 0.3 is 0 Å². The standard InChI is InChI=1S/C13H18F2N2O/c1-17(8-10-7-16-5-6-18-10)9-11-12(14)3-2-4-13(11)15/h2-4,10,16H,5-9H2,1H3. The summed E-state index contributed by atoms with van der Waals surface area (Å²) in [6.07, 6.45) is 0.0820. The average molecular weight is 256 g/mol. The number of nitrogens with zero attached hydrogens (tertiary/aromatic N) is 1. The van der Waals surface area contributed by atoms with E-state index in [1.54, 1.807) is 0 Å². The first kappa shape index (κ1) is 13.4. The monoisotopic (exact) mass is 256 g/mol. The van der Waals surface area contributed by atoms with E-state index in [1.165, 1.54) is 18.2 Å². The first-order chi connectivity index (χ1) is 8.66. The zero-order valence-electron chi connectivity index (χ0n) is 10.5. The van der Waals surface area contributed by atoms with Crippen molar-refractivity contribution in [3.05, 3.63) is 35.4 Å². The van der Waals surface area contributed by atoms with Crippen molar-refractivity contribution in [2.45, 2.75) is 12.6 Å². The van der Waals surface area contributed by atoms with E-state index in [-0.39, 0.29) is 18.2 Å². The zero-order valence-corrected chi connectivity index (χ0v) is 10.5. The molecule has 2 rings (SSSR count). The molecule has 1 heterocycles. The minimum Gasteiger partial charge on any atom is -0.374 e. The lowest BCUT2D eigenvalue weighted by Gasteiger charge is -2.28. The number of benzene rings is 1. The van der Waals surface area contributed by atoms with Crippen LogP contribution < -0.4 is 5.32 Å². The van der Waals surface area contributed by atoms with Gasteiger partial charge in [0.05, 0.1) is 12.7 Å². The fourth-order valence-corrected chi connectivity index (χ4v) is 2.10. The number of morpholine rings is 1. The van der Waals surface area contributed by atoms with E-state index in [4.69, 9.17) is 4.74 Å². The summed E-state index contributed by atoms with van der Waals surface area (Å²) in [6, 6.07) is 3.94. The molecule has 1 atom stereocenters. The normalized spacial score (nSPS) is 20.3. The van der Waals surface area contributed by atoms with Crippen LogP contribution in [-0.2, 0) is 11.3 Å². The van der Waals surface area contributed by atoms with E-state index in [0.717, 1.165) is 13.1 Å². The van der Waals surface area contributed by atoms with Crippen LogP contribution in [-0.4, -0.2) is 44.3 Å². The van der Waals surface area contributed by atoms with Crippen molar-refractivity contribution in [3.8, 4) is 0 Å². The van der Waals surface area contributed by atoms with Crippen molar-refractivity contribution < 1.29 is 13.5 Å². The predicted octanol–water partition coefficient (Wildman–Crippen LogP) is 1.39. The number of hydrogen-bond acceptors (Lipinski definition) is 3. The molecule has 1 fully saturated rings. The molecule has 18 heavy (non-hydrogen) atoms. The lowest BCUT2D eigenvalue weighted by molar-refractivity contribution is 0.00854. The maximum absolute atomic E-state index is 13.5. The highest BCUT2D eigenvalue weighted by Crippen LogP contribution is 2.14. The Kier molecular flexibility index (Phi) is 4.63. The van der Waals surface area contributed by atoms with Crippen LogP contribution in [0.4, 0.5) is 8.78 Å². The Morgan fingerprint density at radius 3 is 2.72 bits per heavy atom. The molecule has 0 aliphatic carbocycles. The van der Waals surface area contributed by atoms with Crippen LogP contribution in [0.1, 0.15) is 5.56 Å². The van der Waals surface area contributed by atoms with Gasteiger partial charge in [-0.2, -0.15) is 0 Å². The first-order valence-electron chi connectivity index (χ1n) is 6.10. The molecule has 5 heteroatoms. The third kappa shape index (κ3) is 3.48. The topological polar surface area (TPSA) is 24.5 Å². The van der Waals surface area contributed by atoms with Crippen molar-refractivity contribution in [2.24, 2.45) is 0 Å². The minimum absolute atomic E-state index is 0.0820. The fraction of sp³-hybridized carbons (Fsp3) is 0.538. The molecule has 1 aromatic carbocycles. The van der Waals surface area contributed by atoms with E-state index in [1.807, 2.05) is 11.9 Å². The van der Waals surface area contributed by atoms with Gasteiger partial charge in [-0.1, -0.05) is 6.07 Å². The molecule has 0 bridgehead atoms. The second-order valence-corrected chi connectivity index (χ2v) is 4.59. The minimum atomic E-state index is -0.496. The summed E-state index contributed by atoms with van der Waals surface area (Å²) in [7, 11) is 1.84. The average Bonchev–Trinajstić information content (AvgIpc) is 2.35. The molecule has 1 saturated heterocycles. The number of halogens is 2. The Labute approximate surface area is 106 Å². The molecule has 0 aromatic heterocycles. The molecule has 1 N–H and O–H groups in total. The fourth-order valence-electron chi connectivity index (χ4n) is 2.10. The molecule has 1 aliphatic heterocycles. The van der Waals surface area contributed by atoms with E-state index in [2.05, 4.69) is 5.32 Å². The molecular weight excluding hydrogens is 238 g/mol. The Morgan fingerprint density at radius 1 is 1.39 bits per heavy atom. The van der Waals surface area contributed by atoms with Crippen LogP contribution in [0.2, 0.25) is 0 Å². The zero-order chi connectivity index (χ0) is 13.0. The van der Waals surface area contributed by atoms with Gasteiger partial charge in [0.2, 0.25) is 0 Å². The van der Waals surface area contributed by atoms with Crippen molar-refractivity contribution >= 4 is 0 Å². The summed E-state index contributed by atoms with van der Waals surface area (Å²) in [4.78, 5) is 1.87. The quantitative estimate of drug-likeness (QED) is 0.881. The van der Waals surface area contributed by atoms with Crippen LogP contribution in [0.3, 0.4) is 0 Å². The van der Waals surface area contributed by atoms with Gasteiger partial charge in [-0.05, 0) is 19.2 Å². The van der Waals surface area contributed by atoms with Gasteiger partial charge in [0.15, 0.2) is 0 Å². The number of ether oxygens (including phenoxy) is 1. The highest BCUT2D eigenvalue weighted by Gasteiger charge is 2.17. The maximum atomic E-state index is 13.5. The van der Waals surface area contributed by atoms with Gasteiger partial charge in [0.1, 0.15) is 11.6 Å². The smallest absolute Gasteiger partial charge is 0.130 e. The SMILES string of the molecule is CN(Cc1c(F)cccc1F)CC1CNCCO1. The number of likely N-dealkylation sites (N-methyl/N-ethyl adjacent to an activating group) is 1. The largest absolute Gasteiger partial charge is 0.374 e. The summed E-state index contributed by atoms with van der Waals surface area (Å²) in [5.74, 6) is -0.992. The van der Waals surface area contributed by atoms with E-state index in [9.17, 15) is 8.78 Å². The number of nitrogens with one attached hydrogen (secondary N) is 1. The van der Waals surface area contributed by atoms with Crippen LogP contribution in [0.15, 0.2) is 18.2 Å². The lowest BCUT2D eigenvalue weighted by atomic mass is 10.2. The van der Waals surface area contributed by atoms with Crippen LogP contribution in [0, 0.1) is 11.6 Å². The van der Waals surface area contributed by atoms with E-state index >= 15 is 0 Å². The van der Waals surface area contributed by atoms with Crippen molar-refractivity contribution in [1.82, 2.24) is 10.2 Å². The summed E-state index contributed by atoms with van der Waals surface area (Å²) < 4.78 is 32.5. The second kappa shape index (κ2) is 6.22. The highest BCUT2D eigenvalue weighted by molar-refractivity contribution is 5.19. The molecule has 1 aliphatic rings. The maximum Gasteiger partial charge on any atom is 0.130 e. The number of hydrogen-bond donors (Lipinski definition) is 1. The third-order valence-corrected chi connectivity index (χ3v) is 3.01. The van der Waals surface area contributed by atoms with Crippen molar-refractivity contribution in [1.29, 1.82) is 0 Å². The van der Waals surface area contributed by atoms with E-state index in [0.29, 0.717) is 13.2 Å². The van der Waals surface area contributed by atoms with Crippen molar-refractivity contribution in [2.75, 3.05) is 33.3 Å². The van der Waals surface area contributed by atoms with Crippen LogP contribution >= 0.6 is 0 Å². The highest BCUT2D eigenvalue weighted by atomic mass is 19.1. The van der Waals surface area contributed by atoms with Crippen molar-refractivity contribution in [3.63, 3.8) is 0 Å². The van der Waals surface area contributed by atoms with Gasteiger partial charge in [-0.25, -0.2) is 8.78 Å². The molecule has 1 aromatic rings. The lowest BCUT2D eigenvalue weighted by Crippen LogP contribution is -2.44. The Balaban J connectivity index is 1.92. The Morgan fingerprint density at radius 2 is 2.11 bits per heavy atom. The van der Waals surface area contributed by atoms with Gasteiger partial charge < -0.3 is 10.1 Å². The van der Waals surface area contributed by atoms with Crippen LogP contribution in [0.5, 0.6) is 0 Å². The molecular formula is C13H18F2N2O. The van der Waals surface area contributed by atoms with Gasteiger partial charge in [-0.3, -0.25) is 4.90 Å². The van der Waals surface area contributed by atoms with Gasteiger partial charge in [-0.15, -0.1) is 0 Å². The van der Waals surface area contributed by atoms with E-state index < -0.39 is 11.6 Å². The summed E-state index contributed by atoms with van der Waals surface area (Å²) in [6.45, 7) is 3.23.